The third-order valence-corrected chi connectivity index (χ3v) is 1.47. The van der Waals surface area contributed by atoms with E-state index in [0.29, 0.717) is 0 Å². The molecule has 0 fully saturated rings. The molecule has 1 aliphatic rings. The average Bonchev–Trinajstić information content (AvgIpc) is 2.02. The van der Waals surface area contributed by atoms with E-state index in [0.717, 1.165) is 3.77 Å². The van der Waals surface area contributed by atoms with Crippen LogP contribution >= 0.6 is 22.6 Å². The Kier molecular flexibility index (Phi) is 3.28. The van der Waals surface area contributed by atoms with Crippen LogP contribution in [0.25, 0.3) is 0 Å². The van der Waals surface area contributed by atoms with Crippen LogP contribution in [0.2, 0.25) is 0 Å². The van der Waals surface area contributed by atoms with Crippen LogP contribution in [0.1, 0.15) is 0 Å². The van der Waals surface area contributed by atoms with Crippen molar-refractivity contribution in [3.8, 4) is 0 Å². The van der Waals surface area contributed by atoms with Crippen molar-refractivity contribution in [2.24, 2.45) is 4.99 Å². The van der Waals surface area contributed by atoms with Gasteiger partial charge in [0.05, 0.1) is 0 Å². The number of rotatable bonds is 0. The van der Waals surface area contributed by atoms with Crippen LogP contribution in [0.4, 0.5) is 0 Å². The van der Waals surface area contributed by atoms with Gasteiger partial charge in [0, 0.05) is 6.20 Å². The summed E-state index contributed by atoms with van der Waals surface area (Å²) in [5.41, 5.74) is 0. The lowest BCUT2D eigenvalue weighted by Gasteiger charge is -2.00. The van der Waals surface area contributed by atoms with Gasteiger partial charge in [-0.3, -0.25) is 0 Å². The van der Waals surface area contributed by atoms with Crippen molar-refractivity contribution in [1.82, 2.24) is 0 Å². The smallest absolute Gasteiger partial charge is 0.232 e. The normalized spacial score (nSPS) is 25.9. The highest BCUT2D eigenvalue weighted by Crippen LogP contribution is 2.07. The van der Waals surface area contributed by atoms with Gasteiger partial charge in [0.15, 0.2) is 10.2 Å². The minimum atomic E-state index is 0.222. The molecule has 1 aliphatic heterocycles. The number of nitrogens with zero attached hydrogens (tertiary/aromatic N) is 1. The van der Waals surface area contributed by atoms with E-state index in [1.165, 1.54) is 6.40 Å². The monoisotopic (exact) mass is 251 g/mol. The summed E-state index contributed by atoms with van der Waals surface area (Å²) >= 11 is 2.07. The van der Waals surface area contributed by atoms with Crippen LogP contribution in [0.5, 0.6) is 0 Å². The predicted molar refractivity (Wildman–Crippen MR) is 46.8 cm³/mol. The molecule has 1 heterocycles. The SMILES string of the molecule is I/C1=C\C=C/N=COCO1. The molecule has 0 N–H and O–H groups in total. The number of hydrogen-bond donors (Lipinski definition) is 0. The molecule has 0 radical (unpaired) electrons. The maximum atomic E-state index is 5.05. The first kappa shape index (κ1) is 7.59. The second-order valence-corrected chi connectivity index (χ2v) is 2.56. The quantitative estimate of drug-likeness (QED) is 0.614. The molecule has 0 aromatic heterocycles. The Morgan fingerprint density at radius 3 is 3.40 bits per heavy atom. The molecular weight excluding hydrogens is 245 g/mol. The van der Waals surface area contributed by atoms with E-state index in [1.807, 2.05) is 6.08 Å². The fourth-order valence-electron chi connectivity index (χ4n) is 0.415. The molecule has 0 aromatic carbocycles. The standard InChI is InChI=1S/C6H6INO2/c7-6-2-1-3-8-4-9-5-10-6/h1-4H,5H2/b3-1-,6-2+,8-4?. The van der Waals surface area contributed by atoms with E-state index in [4.69, 9.17) is 9.47 Å². The van der Waals surface area contributed by atoms with Gasteiger partial charge in [0.1, 0.15) is 0 Å². The maximum absolute atomic E-state index is 5.05. The number of ether oxygens (including phenoxy) is 2. The van der Waals surface area contributed by atoms with Crippen LogP contribution in [-0.2, 0) is 9.47 Å². The van der Waals surface area contributed by atoms with Crippen LogP contribution in [0.15, 0.2) is 27.1 Å². The molecule has 1 rings (SSSR count). The zero-order valence-corrected chi connectivity index (χ0v) is 7.32. The van der Waals surface area contributed by atoms with Gasteiger partial charge in [-0.1, -0.05) is 0 Å². The molecular formula is C6H6INO2. The fourth-order valence-corrected chi connectivity index (χ4v) is 0.750. The molecule has 3 nitrogen and oxygen atoms in total. The average molecular weight is 251 g/mol. The Hall–Kier alpha value is -0.520. The van der Waals surface area contributed by atoms with Gasteiger partial charge in [-0.2, -0.15) is 0 Å². The minimum Gasteiger partial charge on any atom is -0.452 e. The zero-order chi connectivity index (χ0) is 7.23. The van der Waals surface area contributed by atoms with Gasteiger partial charge >= 0.3 is 0 Å². The van der Waals surface area contributed by atoms with Gasteiger partial charge in [-0.15, -0.1) is 0 Å². The van der Waals surface area contributed by atoms with E-state index >= 15 is 0 Å². The highest BCUT2D eigenvalue weighted by atomic mass is 127. The summed E-state index contributed by atoms with van der Waals surface area (Å²) < 4.78 is 10.7. The Morgan fingerprint density at radius 1 is 1.60 bits per heavy atom. The Labute approximate surface area is 72.6 Å². The lowest BCUT2D eigenvalue weighted by atomic mass is 10.6. The second-order valence-electron chi connectivity index (χ2n) is 1.50. The summed E-state index contributed by atoms with van der Waals surface area (Å²) in [4.78, 5) is 3.77. The van der Waals surface area contributed by atoms with Gasteiger partial charge in [-0.05, 0) is 34.7 Å². The van der Waals surface area contributed by atoms with Crippen molar-refractivity contribution >= 4 is 29.0 Å². The van der Waals surface area contributed by atoms with Gasteiger partial charge in [0.2, 0.25) is 6.79 Å². The molecule has 0 bridgehead atoms. The van der Waals surface area contributed by atoms with E-state index < -0.39 is 0 Å². The van der Waals surface area contributed by atoms with Crippen LogP contribution in [-0.4, -0.2) is 13.2 Å². The van der Waals surface area contributed by atoms with Crippen LogP contribution in [0.3, 0.4) is 0 Å². The molecule has 0 saturated carbocycles. The summed E-state index contributed by atoms with van der Waals surface area (Å²) in [6, 6.07) is 0. The van der Waals surface area contributed by atoms with E-state index in [2.05, 4.69) is 27.6 Å². The fraction of sp³-hybridized carbons (Fsp3) is 0.167. The van der Waals surface area contributed by atoms with Crippen molar-refractivity contribution in [2.75, 3.05) is 6.79 Å². The molecule has 10 heavy (non-hydrogen) atoms. The predicted octanol–water partition coefficient (Wildman–Crippen LogP) is 1.81. The van der Waals surface area contributed by atoms with Crippen LogP contribution in [0, 0.1) is 0 Å². The molecule has 0 aromatic rings. The van der Waals surface area contributed by atoms with Gasteiger partial charge in [-0.25, -0.2) is 4.99 Å². The van der Waals surface area contributed by atoms with Crippen LogP contribution < -0.4 is 0 Å². The lowest BCUT2D eigenvalue weighted by Crippen LogP contribution is -1.93. The first-order chi connectivity index (χ1) is 4.89. The van der Waals surface area contributed by atoms with Gasteiger partial charge in [0.25, 0.3) is 0 Å². The number of allylic oxidation sites excluding steroid dienone is 2. The topological polar surface area (TPSA) is 30.8 Å². The highest BCUT2D eigenvalue weighted by Gasteiger charge is 1.89. The molecule has 0 unspecified atom stereocenters. The first-order valence-corrected chi connectivity index (χ1v) is 3.76. The first-order valence-electron chi connectivity index (χ1n) is 2.68. The van der Waals surface area contributed by atoms with Crippen molar-refractivity contribution in [3.63, 3.8) is 0 Å². The van der Waals surface area contributed by atoms with Gasteiger partial charge < -0.3 is 9.47 Å². The van der Waals surface area contributed by atoms with Crippen molar-refractivity contribution in [3.05, 3.63) is 22.1 Å². The number of aliphatic imine (C=N–C) groups is 1. The minimum absolute atomic E-state index is 0.222. The third kappa shape index (κ3) is 2.86. The Balaban J connectivity index is 2.57. The molecule has 54 valence electrons. The highest BCUT2D eigenvalue weighted by molar-refractivity contribution is 14.1. The Bertz CT molecular complexity index is 186. The Morgan fingerprint density at radius 2 is 2.50 bits per heavy atom. The van der Waals surface area contributed by atoms with Crippen molar-refractivity contribution in [2.45, 2.75) is 0 Å². The summed E-state index contributed by atoms with van der Waals surface area (Å²) in [6.07, 6.45) is 6.58. The van der Waals surface area contributed by atoms with Crippen molar-refractivity contribution < 1.29 is 9.47 Å². The van der Waals surface area contributed by atoms with E-state index in [-0.39, 0.29) is 6.79 Å². The molecule has 0 amide bonds. The molecule has 0 aliphatic carbocycles. The maximum Gasteiger partial charge on any atom is 0.232 e. The van der Waals surface area contributed by atoms with Crippen molar-refractivity contribution in [1.29, 1.82) is 0 Å². The molecule has 0 spiro atoms. The van der Waals surface area contributed by atoms with E-state index in [1.54, 1.807) is 12.3 Å². The lowest BCUT2D eigenvalue weighted by molar-refractivity contribution is 0.0741. The number of hydrogen-bond acceptors (Lipinski definition) is 3. The summed E-state index contributed by atoms with van der Waals surface area (Å²) in [6.45, 7) is 0.222. The third-order valence-electron chi connectivity index (χ3n) is 0.800. The molecule has 0 saturated heterocycles. The number of halogens is 1. The summed E-state index contributed by atoms with van der Waals surface area (Å²) in [7, 11) is 0. The summed E-state index contributed by atoms with van der Waals surface area (Å²) in [5.74, 6) is 0. The largest absolute Gasteiger partial charge is 0.452 e. The van der Waals surface area contributed by atoms with E-state index in [9.17, 15) is 0 Å². The molecule has 0 atom stereocenters. The zero-order valence-electron chi connectivity index (χ0n) is 5.16. The summed E-state index contributed by atoms with van der Waals surface area (Å²) in [5, 5.41) is 0. The molecule has 4 heteroatoms. The second kappa shape index (κ2) is 4.32.